The van der Waals surface area contributed by atoms with Crippen molar-refractivity contribution in [3.63, 3.8) is 0 Å². The predicted octanol–water partition coefficient (Wildman–Crippen LogP) is 3.28. The molecule has 1 aromatic heterocycles. The molecule has 2 aromatic rings. The first-order chi connectivity index (χ1) is 10.8. The van der Waals surface area contributed by atoms with E-state index in [4.69, 9.17) is 16.1 Å². The molecule has 0 aliphatic carbocycles. The Bertz CT molecular complexity index is 704. The molecule has 1 aromatic carbocycles. The minimum atomic E-state index is -4.35. The summed E-state index contributed by atoms with van der Waals surface area (Å²) in [6.45, 7) is 1.71. The molecule has 23 heavy (non-hydrogen) atoms. The van der Waals surface area contributed by atoms with Gasteiger partial charge in [-0.1, -0.05) is 16.8 Å². The van der Waals surface area contributed by atoms with Gasteiger partial charge in [-0.2, -0.15) is 18.2 Å². The normalized spacial score (nSPS) is 15.0. The van der Waals surface area contributed by atoms with Crippen molar-refractivity contribution in [2.24, 2.45) is 0 Å². The van der Waals surface area contributed by atoms with Gasteiger partial charge in [0.05, 0.1) is 17.9 Å². The molecule has 3 rings (SSSR count). The van der Waals surface area contributed by atoms with Crippen LogP contribution in [0, 0.1) is 0 Å². The lowest BCUT2D eigenvalue weighted by Crippen LogP contribution is -2.38. The van der Waals surface area contributed by atoms with Gasteiger partial charge in [0.25, 0.3) is 0 Å². The molecular formula is C14H14ClF3N4O. The van der Waals surface area contributed by atoms with Crippen molar-refractivity contribution in [3.05, 3.63) is 34.9 Å². The SMILES string of the molecule is CN1CCN(Cc2nc(CC(F)(F)F)no2)c2ccc(Cl)cc21. The van der Waals surface area contributed by atoms with E-state index in [1.54, 1.807) is 6.07 Å². The number of likely N-dealkylation sites (N-methyl/N-ethyl adjacent to an activating group) is 1. The summed E-state index contributed by atoms with van der Waals surface area (Å²) in [5, 5.41) is 4.02. The van der Waals surface area contributed by atoms with Crippen LogP contribution in [0.4, 0.5) is 24.5 Å². The highest BCUT2D eigenvalue weighted by Gasteiger charge is 2.31. The summed E-state index contributed by atoms with van der Waals surface area (Å²) in [6.07, 6.45) is -5.54. The van der Waals surface area contributed by atoms with Crippen LogP contribution in [0.3, 0.4) is 0 Å². The summed E-state index contributed by atoms with van der Waals surface area (Å²) >= 11 is 6.02. The van der Waals surface area contributed by atoms with Crippen molar-refractivity contribution >= 4 is 23.0 Å². The summed E-state index contributed by atoms with van der Waals surface area (Å²) in [5.74, 6) is -0.187. The third-order valence-electron chi connectivity index (χ3n) is 3.59. The molecule has 2 heterocycles. The molecule has 1 aliphatic heterocycles. The smallest absolute Gasteiger partial charge is 0.371 e. The van der Waals surface area contributed by atoms with Gasteiger partial charge in [0.15, 0.2) is 5.82 Å². The van der Waals surface area contributed by atoms with E-state index in [-0.39, 0.29) is 18.3 Å². The second kappa shape index (κ2) is 5.92. The highest BCUT2D eigenvalue weighted by atomic mass is 35.5. The first-order valence-electron chi connectivity index (χ1n) is 6.96. The molecule has 0 radical (unpaired) electrons. The maximum absolute atomic E-state index is 12.3. The number of fused-ring (bicyclic) bond motifs is 1. The Hall–Kier alpha value is -1.96. The Balaban J connectivity index is 1.78. The number of alkyl halides is 3. The molecular weight excluding hydrogens is 333 g/mol. The fourth-order valence-corrected chi connectivity index (χ4v) is 2.68. The number of halogens is 4. The molecule has 5 nitrogen and oxygen atoms in total. The third kappa shape index (κ3) is 3.69. The van der Waals surface area contributed by atoms with E-state index in [9.17, 15) is 13.2 Å². The molecule has 0 amide bonds. The number of benzene rings is 1. The number of hydrogen-bond acceptors (Lipinski definition) is 5. The molecule has 0 atom stereocenters. The highest BCUT2D eigenvalue weighted by molar-refractivity contribution is 6.31. The number of hydrogen-bond donors (Lipinski definition) is 0. The topological polar surface area (TPSA) is 45.4 Å². The van der Waals surface area contributed by atoms with Crippen molar-refractivity contribution in [3.8, 4) is 0 Å². The molecule has 0 bridgehead atoms. The van der Waals surface area contributed by atoms with E-state index >= 15 is 0 Å². The van der Waals surface area contributed by atoms with Crippen LogP contribution in [0.15, 0.2) is 22.7 Å². The number of rotatable bonds is 3. The average molecular weight is 347 g/mol. The molecule has 0 spiro atoms. The van der Waals surface area contributed by atoms with Gasteiger partial charge < -0.3 is 14.3 Å². The van der Waals surface area contributed by atoms with Crippen molar-refractivity contribution < 1.29 is 17.7 Å². The maximum atomic E-state index is 12.3. The molecule has 1 aliphatic rings. The second-order valence-corrected chi connectivity index (χ2v) is 5.81. The summed E-state index contributed by atoms with van der Waals surface area (Å²) in [5.41, 5.74) is 1.89. The van der Waals surface area contributed by atoms with Gasteiger partial charge in [-0.25, -0.2) is 0 Å². The Labute approximate surface area is 135 Å². The zero-order valence-electron chi connectivity index (χ0n) is 12.3. The molecule has 0 saturated carbocycles. The van der Waals surface area contributed by atoms with Crippen LogP contribution in [0.5, 0.6) is 0 Å². The standard InChI is InChI=1S/C14H14ClF3N4O/c1-21-4-5-22(10-3-2-9(15)6-11(10)21)8-13-19-12(20-23-13)7-14(16,17)18/h2-3,6H,4-5,7-8H2,1H3. The van der Waals surface area contributed by atoms with Crippen molar-refractivity contribution in [2.45, 2.75) is 19.1 Å². The van der Waals surface area contributed by atoms with E-state index in [1.807, 2.05) is 24.1 Å². The van der Waals surface area contributed by atoms with Gasteiger partial charge in [0, 0.05) is 25.2 Å². The van der Waals surface area contributed by atoms with E-state index < -0.39 is 12.6 Å². The molecule has 0 N–H and O–H groups in total. The van der Waals surface area contributed by atoms with E-state index in [1.165, 1.54) is 0 Å². The minimum absolute atomic E-state index is 0.162. The summed E-state index contributed by atoms with van der Waals surface area (Å²) in [6, 6.07) is 5.50. The monoisotopic (exact) mass is 346 g/mol. The van der Waals surface area contributed by atoms with Crippen LogP contribution in [0.1, 0.15) is 11.7 Å². The largest absolute Gasteiger partial charge is 0.396 e. The Kier molecular flexibility index (Phi) is 4.09. The van der Waals surface area contributed by atoms with E-state index in [2.05, 4.69) is 15.0 Å². The Morgan fingerprint density at radius 3 is 2.78 bits per heavy atom. The lowest BCUT2D eigenvalue weighted by atomic mass is 10.1. The van der Waals surface area contributed by atoms with Crippen molar-refractivity contribution in [1.82, 2.24) is 10.1 Å². The van der Waals surface area contributed by atoms with Crippen molar-refractivity contribution in [2.75, 3.05) is 29.9 Å². The van der Waals surface area contributed by atoms with Gasteiger partial charge in [-0.05, 0) is 18.2 Å². The number of aromatic nitrogens is 2. The van der Waals surface area contributed by atoms with Gasteiger partial charge >= 0.3 is 6.18 Å². The third-order valence-corrected chi connectivity index (χ3v) is 3.82. The van der Waals surface area contributed by atoms with Crippen LogP contribution >= 0.6 is 11.6 Å². The first kappa shape index (κ1) is 15.9. The first-order valence-corrected chi connectivity index (χ1v) is 7.33. The van der Waals surface area contributed by atoms with Crippen LogP contribution in [-0.4, -0.2) is 36.5 Å². The fourth-order valence-electron chi connectivity index (χ4n) is 2.51. The van der Waals surface area contributed by atoms with Crippen LogP contribution in [0.2, 0.25) is 5.02 Å². The Morgan fingerprint density at radius 2 is 2.04 bits per heavy atom. The zero-order chi connectivity index (χ0) is 16.6. The van der Waals surface area contributed by atoms with Crippen LogP contribution < -0.4 is 9.80 Å². The van der Waals surface area contributed by atoms with E-state index in [0.717, 1.165) is 17.9 Å². The lowest BCUT2D eigenvalue weighted by Gasteiger charge is -2.36. The summed E-state index contributed by atoms with van der Waals surface area (Å²) < 4.78 is 41.9. The summed E-state index contributed by atoms with van der Waals surface area (Å²) in [4.78, 5) is 7.87. The second-order valence-electron chi connectivity index (χ2n) is 5.37. The van der Waals surface area contributed by atoms with Crippen LogP contribution in [0.25, 0.3) is 0 Å². The molecule has 0 unspecified atom stereocenters. The number of nitrogens with zero attached hydrogens (tertiary/aromatic N) is 4. The van der Waals surface area contributed by atoms with Crippen molar-refractivity contribution in [1.29, 1.82) is 0 Å². The average Bonchev–Trinajstić information content (AvgIpc) is 2.87. The predicted molar refractivity (Wildman–Crippen MR) is 79.8 cm³/mol. The highest BCUT2D eigenvalue weighted by Crippen LogP contribution is 2.35. The van der Waals surface area contributed by atoms with Gasteiger partial charge in [-0.3, -0.25) is 0 Å². The minimum Gasteiger partial charge on any atom is -0.371 e. The molecule has 124 valence electrons. The number of anilines is 2. The van der Waals surface area contributed by atoms with Gasteiger partial charge in [0.1, 0.15) is 6.42 Å². The quantitative estimate of drug-likeness (QED) is 0.853. The Morgan fingerprint density at radius 1 is 1.26 bits per heavy atom. The van der Waals surface area contributed by atoms with Gasteiger partial charge in [-0.15, -0.1) is 0 Å². The maximum Gasteiger partial charge on any atom is 0.396 e. The molecule has 9 heteroatoms. The zero-order valence-corrected chi connectivity index (χ0v) is 13.0. The van der Waals surface area contributed by atoms with E-state index in [0.29, 0.717) is 11.6 Å². The fraction of sp³-hybridized carbons (Fsp3) is 0.429. The molecule has 0 saturated heterocycles. The summed E-state index contributed by atoms with van der Waals surface area (Å²) in [7, 11) is 1.96. The van der Waals surface area contributed by atoms with Gasteiger partial charge in [0.2, 0.25) is 5.89 Å². The van der Waals surface area contributed by atoms with Crippen LogP contribution in [-0.2, 0) is 13.0 Å². The lowest BCUT2D eigenvalue weighted by molar-refractivity contribution is -0.128. The molecule has 0 fully saturated rings.